The number of benzene rings is 3. The van der Waals surface area contributed by atoms with Gasteiger partial charge in [-0.2, -0.15) is 0 Å². The van der Waals surface area contributed by atoms with Gasteiger partial charge in [-0.25, -0.2) is 19.0 Å². The highest BCUT2D eigenvalue weighted by atomic mass is 35.5. The van der Waals surface area contributed by atoms with E-state index < -0.39 is 47.3 Å². The molecule has 0 saturated carbocycles. The number of unbranched alkanes of at least 4 members (excludes halogenated alkanes) is 9. The van der Waals surface area contributed by atoms with E-state index in [9.17, 15) is 29.1 Å². The van der Waals surface area contributed by atoms with Gasteiger partial charge in [-0.05, 0) is 61.4 Å². The summed E-state index contributed by atoms with van der Waals surface area (Å²) in [7, 11) is 1.46. The third kappa shape index (κ3) is 12.3. The van der Waals surface area contributed by atoms with Gasteiger partial charge in [0, 0.05) is 5.56 Å². The predicted octanol–water partition coefficient (Wildman–Crippen LogP) is 8.14. The van der Waals surface area contributed by atoms with E-state index in [0.717, 1.165) is 31.0 Å². The summed E-state index contributed by atoms with van der Waals surface area (Å²) in [5, 5.41) is 13.5. The van der Waals surface area contributed by atoms with E-state index in [0.29, 0.717) is 16.7 Å². The number of anilines is 1. The summed E-state index contributed by atoms with van der Waals surface area (Å²) in [5.41, 5.74) is -0.153. The van der Waals surface area contributed by atoms with Crippen molar-refractivity contribution < 1.29 is 38.5 Å². The standard InChI is InChI=1S/C42H50ClN3O9/c1-4-5-6-7-8-9-10-11-12-16-25-54-40(50)29(2)55-41(51)32-21-24-34(43)35(26-32)44-39(49)37(38(48)31-19-22-33(53-3)23-20-31)46-36(47)28-45(42(46)52)27-30-17-14-13-15-18-30/h13-15,17-24,26,28-29,37,47H,4-12,16,25,27H2,1-3H3,(H,44,49). The largest absolute Gasteiger partial charge is 0.497 e. The Morgan fingerprint density at radius 1 is 0.836 bits per heavy atom. The molecule has 1 amide bonds. The predicted molar refractivity (Wildman–Crippen MR) is 210 cm³/mol. The van der Waals surface area contributed by atoms with Gasteiger partial charge in [0.15, 0.2) is 17.9 Å². The zero-order valence-corrected chi connectivity index (χ0v) is 32.4. The molecule has 0 aliphatic carbocycles. The van der Waals surface area contributed by atoms with E-state index in [1.54, 1.807) is 24.3 Å². The first-order chi connectivity index (χ1) is 26.5. The van der Waals surface area contributed by atoms with Crippen LogP contribution in [0.1, 0.15) is 110 Å². The minimum absolute atomic E-state index is 0.00251. The second kappa shape index (κ2) is 21.5. The Bertz CT molecular complexity index is 1940. The number of aromatic nitrogens is 2. The van der Waals surface area contributed by atoms with Gasteiger partial charge in [-0.3, -0.25) is 14.2 Å². The Morgan fingerprint density at radius 2 is 1.45 bits per heavy atom. The maximum absolute atomic E-state index is 14.0. The van der Waals surface area contributed by atoms with Crippen molar-refractivity contribution in [2.75, 3.05) is 19.0 Å². The van der Waals surface area contributed by atoms with Gasteiger partial charge < -0.3 is 24.6 Å². The molecule has 13 heteroatoms. The number of halogens is 1. The molecule has 0 radical (unpaired) electrons. The molecule has 0 aliphatic heterocycles. The van der Waals surface area contributed by atoms with E-state index in [1.807, 2.05) is 6.07 Å². The van der Waals surface area contributed by atoms with Gasteiger partial charge in [0.1, 0.15) is 5.75 Å². The molecule has 0 aliphatic rings. The molecule has 55 heavy (non-hydrogen) atoms. The molecule has 1 aromatic heterocycles. The van der Waals surface area contributed by atoms with Gasteiger partial charge in [-0.1, -0.05) is 107 Å². The van der Waals surface area contributed by atoms with Gasteiger partial charge in [-0.15, -0.1) is 0 Å². The van der Waals surface area contributed by atoms with Crippen LogP contribution in [0.5, 0.6) is 11.6 Å². The van der Waals surface area contributed by atoms with Crippen LogP contribution in [0, 0.1) is 0 Å². The summed E-state index contributed by atoms with van der Waals surface area (Å²) in [4.78, 5) is 67.2. The second-order valence-electron chi connectivity index (χ2n) is 13.3. The van der Waals surface area contributed by atoms with Crippen LogP contribution in [-0.4, -0.2) is 57.7 Å². The van der Waals surface area contributed by atoms with Crippen LogP contribution in [0.4, 0.5) is 5.69 Å². The smallest absolute Gasteiger partial charge is 0.347 e. The summed E-state index contributed by atoms with van der Waals surface area (Å²) < 4.78 is 17.7. The van der Waals surface area contributed by atoms with Crippen molar-refractivity contribution in [1.29, 1.82) is 0 Å². The Kier molecular flexibility index (Phi) is 16.6. The Hall–Kier alpha value is -5.36. The summed E-state index contributed by atoms with van der Waals surface area (Å²) in [5.74, 6) is -3.57. The number of nitrogens with one attached hydrogen (secondary N) is 1. The van der Waals surface area contributed by atoms with Crippen LogP contribution < -0.4 is 15.7 Å². The van der Waals surface area contributed by atoms with E-state index in [4.69, 9.17) is 25.8 Å². The molecule has 2 N–H and O–H groups in total. The monoisotopic (exact) mass is 775 g/mol. The van der Waals surface area contributed by atoms with Crippen molar-refractivity contribution in [2.24, 2.45) is 0 Å². The number of carbonyl (C=O) groups is 4. The Labute approximate surface area is 326 Å². The van der Waals surface area contributed by atoms with Gasteiger partial charge in [0.05, 0.1) is 42.7 Å². The number of ketones is 1. The van der Waals surface area contributed by atoms with Crippen LogP contribution in [0.3, 0.4) is 0 Å². The molecule has 4 rings (SSSR count). The number of Topliss-reactive ketones (excluding diaryl/α,β-unsaturated/α-hetero) is 1. The van der Waals surface area contributed by atoms with Crippen LogP contribution in [0.2, 0.25) is 5.02 Å². The number of hydrogen-bond donors (Lipinski definition) is 2. The SMILES string of the molecule is CCCCCCCCCCCCOC(=O)C(C)OC(=O)c1ccc(Cl)c(NC(=O)C(C(=O)c2ccc(OC)cc2)n2c(O)cn(Cc3ccccc3)c2=O)c1. The number of rotatable bonds is 22. The molecule has 294 valence electrons. The minimum Gasteiger partial charge on any atom is -0.497 e. The zero-order valence-electron chi connectivity index (χ0n) is 31.6. The van der Waals surface area contributed by atoms with Gasteiger partial charge >= 0.3 is 17.6 Å². The number of nitrogens with zero attached hydrogens (tertiary/aromatic N) is 2. The summed E-state index contributed by atoms with van der Waals surface area (Å²) in [6.07, 6.45) is 11.4. The number of aromatic hydroxyl groups is 1. The van der Waals surface area contributed by atoms with E-state index in [-0.39, 0.29) is 35.0 Å². The van der Waals surface area contributed by atoms with Crippen LogP contribution in [-0.2, 0) is 25.6 Å². The quantitative estimate of drug-likeness (QED) is 0.0348. The molecule has 0 fully saturated rings. The van der Waals surface area contributed by atoms with Crippen molar-refractivity contribution in [3.05, 3.63) is 111 Å². The molecule has 12 nitrogen and oxygen atoms in total. The third-order valence-electron chi connectivity index (χ3n) is 9.11. The van der Waals surface area contributed by atoms with E-state index >= 15 is 0 Å². The fourth-order valence-corrected chi connectivity index (χ4v) is 6.17. The number of hydrogen-bond acceptors (Lipinski definition) is 9. The number of imidazole rings is 1. The normalized spacial score (nSPS) is 12.1. The van der Waals surface area contributed by atoms with Crippen molar-refractivity contribution >= 4 is 40.9 Å². The topological polar surface area (TPSA) is 155 Å². The summed E-state index contributed by atoms with van der Waals surface area (Å²) >= 11 is 6.41. The highest BCUT2D eigenvalue weighted by Gasteiger charge is 2.34. The van der Waals surface area contributed by atoms with Crippen molar-refractivity contribution in [2.45, 2.75) is 96.7 Å². The second-order valence-corrected chi connectivity index (χ2v) is 13.7. The number of amides is 1. The lowest BCUT2D eigenvalue weighted by molar-refractivity contribution is -0.153. The Morgan fingerprint density at radius 3 is 2.09 bits per heavy atom. The molecule has 4 aromatic rings. The average Bonchev–Trinajstić information content (AvgIpc) is 3.45. The number of carbonyl (C=O) groups excluding carboxylic acids is 4. The Balaban J connectivity index is 1.43. The first kappa shape index (κ1) is 42.4. The third-order valence-corrected chi connectivity index (χ3v) is 9.44. The summed E-state index contributed by atoms with van der Waals surface area (Å²) in [6, 6.07) is 16.9. The van der Waals surface area contributed by atoms with Crippen molar-refractivity contribution in [3.8, 4) is 11.6 Å². The zero-order chi connectivity index (χ0) is 39.7. The molecule has 0 spiro atoms. The molecule has 2 unspecified atom stereocenters. The lowest BCUT2D eigenvalue weighted by Gasteiger charge is -2.19. The van der Waals surface area contributed by atoms with Crippen LogP contribution in [0.25, 0.3) is 0 Å². The molecule has 0 bridgehead atoms. The molecular formula is C42H50ClN3O9. The number of esters is 2. The molecular weight excluding hydrogens is 726 g/mol. The highest BCUT2D eigenvalue weighted by molar-refractivity contribution is 6.34. The van der Waals surface area contributed by atoms with Gasteiger partial charge in [0.2, 0.25) is 5.88 Å². The van der Waals surface area contributed by atoms with Crippen molar-refractivity contribution in [3.63, 3.8) is 0 Å². The minimum atomic E-state index is -1.89. The molecule has 2 atom stereocenters. The first-order valence-corrected chi connectivity index (χ1v) is 19.1. The number of methoxy groups -OCH3 is 1. The average molecular weight is 776 g/mol. The first-order valence-electron chi connectivity index (χ1n) is 18.7. The maximum Gasteiger partial charge on any atom is 0.347 e. The van der Waals surface area contributed by atoms with Gasteiger partial charge in [0.25, 0.3) is 5.91 Å². The highest BCUT2D eigenvalue weighted by Crippen LogP contribution is 2.28. The maximum atomic E-state index is 14.0. The van der Waals surface area contributed by atoms with E-state index in [2.05, 4.69) is 12.2 Å². The van der Waals surface area contributed by atoms with Crippen LogP contribution in [0.15, 0.2) is 83.8 Å². The summed E-state index contributed by atoms with van der Waals surface area (Å²) in [6.45, 7) is 3.89. The lowest BCUT2D eigenvalue weighted by Crippen LogP contribution is -2.39. The van der Waals surface area contributed by atoms with Crippen LogP contribution >= 0.6 is 11.6 Å². The molecule has 3 aromatic carbocycles. The lowest BCUT2D eigenvalue weighted by atomic mass is 10.0. The molecule has 0 saturated heterocycles. The van der Waals surface area contributed by atoms with Crippen molar-refractivity contribution in [1.82, 2.24) is 9.13 Å². The fourth-order valence-electron chi connectivity index (χ4n) is 6.00. The molecule has 1 heterocycles. The fraction of sp³-hybridized carbons (Fsp3) is 0.405. The van der Waals surface area contributed by atoms with E-state index in [1.165, 1.54) is 99.6 Å². The number of ether oxygens (including phenoxy) is 3.